The van der Waals surface area contributed by atoms with Crippen LogP contribution < -0.4 is 15.5 Å². The van der Waals surface area contributed by atoms with Gasteiger partial charge in [0.15, 0.2) is 5.96 Å². The number of amides is 1. The summed E-state index contributed by atoms with van der Waals surface area (Å²) in [5.41, 5.74) is 0. The number of piperazine rings is 1. The largest absolute Gasteiger partial charge is 0.357 e. The smallest absolute Gasteiger partial charge is 0.225 e. The molecule has 0 unspecified atom stereocenters. The molecule has 0 saturated carbocycles. The summed E-state index contributed by atoms with van der Waals surface area (Å²) in [6, 6.07) is 2.22. The van der Waals surface area contributed by atoms with Crippen LogP contribution in [0.5, 0.6) is 0 Å². The number of carbonyl (C=O) groups is 1. The number of rotatable bonds is 6. The maximum absolute atomic E-state index is 12.5. The summed E-state index contributed by atoms with van der Waals surface area (Å²) in [7, 11) is 0. The molecule has 27 heavy (non-hydrogen) atoms. The Morgan fingerprint density at radius 3 is 2.56 bits per heavy atom. The van der Waals surface area contributed by atoms with E-state index in [2.05, 4.69) is 42.6 Å². The van der Waals surface area contributed by atoms with Crippen LogP contribution in [0.4, 0.5) is 5.95 Å². The average molecular weight is 371 g/mol. The van der Waals surface area contributed by atoms with Gasteiger partial charge in [0.25, 0.3) is 0 Å². The monoisotopic (exact) mass is 371 g/mol. The zero-order valence-corrected chi connectivity index (χ0v) is 16.0. The molecule has 0 aromatic carbocycles. The van der Waals surface area contributed by atoms with E-state index < -0.39 is 0 Å². The van der Waals surface area contributed by atoms with Crippen molar-refractivity contribution >= 4 is 17.8 Å². The van der Waals surface area contributed by atoms with Gasteiger partial charge in [-0.3, -0.25) is 9.79 Å². The van der Waals surface area contributed by atoms with E-state index in [0.29, 0.717) is 32.1 Å². The molecule has 1 aliphatic heterocycles. The lowest BCUT2D eigenvalue weighted by molar-refractivity contribution is -0.131. The van der Waals surface area contributed by atoms with Crippen molar-refractivity contribution < 1.29 is 4.79 Å². The van der Waals surface area contributed by atoms with Gasteiger partial charge in [-0.05, 0) is 25.8 Å². The van der Waals surface area contributed by atoms with E-state index in [1.807, 2.05) is 17.9 Å². The van der Waals surface area contributed by atoms with Gasteiger partial charge in [-0.25, -0.2) is 9.97 Å². The molecule has 146 valence electrons. The predicted molar refractivity (Wildman–Crippen MR) is 107 cm³/mol. The number of nitrogens with zero attached hydrogens (tertiary/aromatic N) is 5. The summed E-state index contributed by atoms with van der Waals surface area (Å²) in [6.07, 6.45) is 10.3. The molecule has 1 amide bonds. The third-order valence-corrected chi connectivity index (χ3v) is 4.76. The minimum atomic E-state index is 0.158. The van der Waals surface area contributed by atoms with E-state index in [4.69, 9.17) is 0 Å². The summed E-state index contributed by atoms with van der Waals surface area (Å²) in [5, 5.41) is 6.68. The third-order valence-electron chi connectivity index (χ3n) is 4.76. The molecule has 1 aromatic rings. The van der Waals surface area contributed by atoms with E-state index in [1.165, 1.54) is 0 Å². The van der Waals surface area contributed by atoms with Crippen molar-refractivity contribution in [2.24, 2.45) is 4.99 Å². The summed E-state index contributed by atoms with van der Waals surface area (Å²) < 4.78 is 0. The number of guanidine groups is 1. The first-order valence-corrected chi connectivity index (χ1v) is 9.76. The van der Waals surface area contributed by atoms with Crippen molar-refractivity contribution in [3.63, 3.8) is 0 Å². The molecule has 1 aromatic heterocycles. The number of anilines is 1. The standard InChI is InChI=1S/C19H29N7O/c1-2-20-18(24-16-6-3-4-7-16)21-11-8-17(27)25-12-14-26(15-13-25)19-22-9-5-10-23-19/h3-5,9-10,16H,2,6-8,11-15H2,1H3,(H2,20,21,24). The lowest BCUT2D eigenvalue weighted by atomic mass is 10.2. The van der Waals surface area contributed by atoms with Crippen molar-refractivity contribution in [3.05, 3.63) is 30.6 Å². The fourth-order valence-electron chi connectivity index (χ4n) is 3.28. The second-order valence-electron chi connectivity index (χ2n) is 6.71. The number of aliphatic imine (C=N–C) groups is 1. The zero-order valence-electron chi connectivity index (χ0n) is 16.0. The average Bonchev–Trinajstić information content (AvgIpc) is 3.22. The fraction of sp³-hybridized carbons (Fsp3) is 0.579. The molecular weight excluding hydrogens is 342 g/mol. The topological polar surface area (TPSA) is 85.8 Å². The Morgan fingerprint density at radius 2 is 1.89 bits per heavy atom. The summed E-state index contributed by atoms with van der Waals surface area (Å²) in [4.78, 5) is 29.6. The Kier molecular flexibility index (Phi) is 7.01. The van der Waals surface area contributed by atoms with Gasteiger partial charge < -0.3 is 20.4 Å². The highest BCUT2D eigenvalue weighted by Crippen LogP contribution is 2.11. The molecule has 8 nitrogen and oxygen atoms in total. The molecule has 1 aliphatic carbocycles. The lowest BCUT2D eigenvalue weighted by Gasteiger charge is -2.34. The van der Waals surface area contributed by atoms with Crippen LogP contribution in [0.15, 0.2) is 35.6 Å². The minimum Gasteiger partial charge on any atom is -0.357 e. The quantitative estimate of drug-likeness (QED) is 0.437. The van der Waals surface area contributed by atoms with Gasteiger partial charge in [0.05, 0.1) is 6.54 Å². The summed E-state index contributed by atoms with van der Waals surface area (Å²) in [6.45, 7) is 6.28. The summed E-state index contributed by atoms with van der Waals surface area (Å²) in [5.74, 6) is 1.69. The Hall–Kier alpha value is -2.64. The molecule has 8 heteroatoms. The SMILES string of the molecule is CCNC(=NCCC(=O)N1CCN(c2ncccn2)CC1)NC1CC=CC1. The van der Waals surface area contributed by atoms with Gasteiger partial charge in [-0.15, -0.1) is 0 Å². The van der Waals surface area contributed by atoms with Crippen molar-refractivity contribution in [1.29, 1.82) is 0 Å². The Bertz CT molecular complexity index is 645. The molecule has 1 saturated heterocycles. The molecule has 2 N–H and O–H groups in total. The van der Waals surface area contributed by atoms with Crippen LogP contribution in [-0.2, 0) is 4.79 Å². The van der Waals surface area contributed by atoms with Gasteiger partial charge in [0, 0.05) is 57.6 Å². The molecular formula is C19H29N7O. The zero-order chi connectivity index (χ0) is 18.9. The van der Waals surface area contributed by atoms with Gasteiger partial charge >= 0.3 is 0 Å². The highest BCUT2D eigenvalue weighted by Gasteiger charge is 2.22. The van der Waals surface area contributed by atoms with Crippen LogP contribution in [0.2, 0.25) is 0 Å². The van der Waals surface area contributed by atoms with Crippen LogP contribution in [-0.4, -0.2) is 72.0 Å². The van der Waals surface area contributed by atoms with Crippen molar-refractivity contribution in [1.82, 2.24) is 25.5 Å². The first-order valence-electron chi connectivity index (χ1n) is 9.76. The lowest BCUT2D eigenvalue weighted by Crippen LogP contribution is -2.49. The molecule has 2 heterocycles. The van der Waals surface area contributed by atoms with E-state index in [0.717, 1.165) is 44.4 Å². The number of hydrogen-bond acceptors (Lipinski definition) is 5. The molecule has 3 rings (SSSR count). The van der Waals surface area contributed by atoms with E-state index in [9.17, 15) is 4.79 Å². The van der Waals surface area contributed by atoms with E-state index >= 15 is 0 Å². The molecule has 0 radical (unpaired) electrons. The van der Waals surface area contributed by atoms with Gasteiger partial charge in [-0.2, -0.15) is 0 Å². The van der Waals surface area contributed by atoms with Crippen LogP contribution >= 0.6 is 0 Å². The summed E-state index contributed by atoms with van der Waals surface area (Å²) >= 11 is 0. The maximum atomic E-state index is 12.5. The molecule has 0 atom stereocenters. The second-order valence-corrected chi connectivity index (χ2v) is 6.71. The van der Waals surface area contributed by atoms with Crippen molar-refractivity contribution in [3.8, 4) is 0 Å². The number of nitrogens with one attached hydrogen (secondary N) is 2. The minimum absolute atomic E-state index is 0.158. The first-order chi connectivity index (χ1) is 13.3. The molecule has 0 spiro atoms. The highest BCUT2D eigenvalue weighted by atomic mass is 16.2. The maximum Gasteiger partial charge on any atom is 0.225 e. The van der Waals surface area contributed by atoms with Gasteiger partial charge in [0.2, 0.25) is 11.9 Å². The van der Waals surface area contributed by atoms with Crippen molar-refractivity contribution in [2.75, 3.05) is 44.2 Å². The van der Waals surface area contributed by atoms with Crippen LogP contribution in [0.1, 0.15) is 26.2 Å². The predicted octanol–water partition coefficient (Wildman–Crippen LogP) is 0.789. The van der Waals surface area contributed by atoms with Crippen LogP contribution in [0.3, 0.4) is 0 Å². The first kappa shape index (κ1) is 19.1. The molecule has 1 fully saturated rings. The van der Waals surface area contributed by atoms with E-state index in [1.54, 1.807) is 12.4 Å². The van der Waals surface area contributed by atoms with Crippen LogP contribution in [0.25, 0.3) is 0 Å². The number of aromatic nitrogens is 2. The molecule has 2 aliphatic rings. The van der Waals surface area contributed by atoms with E-state index in [-0.39, 0.29) is 5.91 Å². The number of carbonyl (C=O) groups excluding carboxylic acids is 1. The highest BCUT2D eigenvalue weighted by molar-refractivity contribution is 5.81. The van der Waals surface area contributed by atoms with Gasteiger partial charge in [0.1, 0.15) is 0 Å². The normalized spacial score (nSPS) is 18.0. The third kappa shape index (κ3) is 5.67. The fourth-order valence-corrected chi connectivity index (χ4v) is 3.28. The van der Waals surface area contributed by atoms with Crippen LogP contribution in [0, 0.1) is 0 Å². The Labute approximate surface area is 160 Å². The Balaban J connectivity index is 1.42. The van der Waals surface area contributed by atoms with Gasteiger partial charge in [-0.1, -0.05) is 12.2 Å². The Morgan fingerprint density at radius 1 is 1.19 bits per heavy atom. The number of hydrogen-bond donors (Lipinski definition) is 2. The molecule has 0 bridgehead atoms. The second kappa shape index (κ2) is 9.89. The van der Waals surface area contributed by atoms with Crippen molar-refractivity contribution in [2.45, 2.75) is 32.2 Å².